The summed E-state index contributed by atoms with van der Waals surface area (Å²) in [5.41, 5.74) is 2.80. The Balaban J connectivity index is 1.79. The first kappa shape index (κ1) is 22.0. The molecular formula is C29H28N4Si. The number of aromatic amines is 1. The van der Waals surface area contributed by atoms with E-state index in [1.54, 1.807) is 0 Å². The van der Waals surface area contributed by atoms with Crippen LogP contribution in [-0.2, 0) is 5.41 Å². The van der Waals surface area contributed by atoms with Crippen LogP contribution in [0.5, 0.6) is 0 Å². The topological polar surface area (TPSA) is 54.5 Å². The second kappa shape index (κ2) is 8.84. The highest BCUT2D eigenvalue weighted by Gasteiger charge is 2.44. The van der Waals surface area contributed by atoms with Gasteiger partial charge in [0.05, 0.1) is 5.69 Å². The van der Waals surface area contributed by atoms with Gasteiger partial charge in [-0.3, -0.25) is 15.1 Å². The Morgan fingerprint density at radius 1 is 0.647 bits per heavy atom. The van der Waals surface area contributed by atoms with E-state index in [-0.39, 0.29) is 5.41 Å². The minimum absolute atomic E-state index is 0.0105. The molecule has 0 bridgehead atoms. The van der Waals surface area contributed by atoms with Gasteiger partial charge in [0.1, 0.15) is 5.69 Å². The molecule has 5 heteroatoms. The molecule has 3 aromatic heterocycles. The summed E-state index contributed by atoms with van der Waals surface area (Å²) in [4.78, 5) is 10.2. The molecule has 0 saturated heterocycles. The highest BCUT2D eigenvalue weighted by Crippen LogP contribution is 2.24. The average molecular weight is 461 g/mol. The molecule has 0 aliphatic rings. The molecule has 0 spiro atoms. The van der Waals surface area contributed by atoms with E-state index >= 15 is 0 Å². The number of aromatic nitrogens is 4. The van der Waals surface area contributed by atoms with Crippen molar-refractivity contribution >= 4 is 29.1 Å². The largest absolute Gasteiger partial charge is 0.281 e. The molecule has 5 rings (SSSR count). The fraction of sp³-hybridized carbons (Fsp3) is 0.138. The fourth-order valence-corrected chi connectivity index (χ4v) is 8.89. The maximum Gasteiger partial charge on any atom is 0.223 e. The molecule has 0 amide bonds. The molecule has 0 atom stereocenters. The number of H-pyrrole nitrogens is 1. The molecule has 168 valence electrons. The molecule has 0 radical (unpaired) electrons. The van der Waals surface area contributed by atoms with E-state index in [0.717, 1.165) is 27.7 Å². The monoisotopic (exact) mass is 460 g/mol. The number of nitrogens with zero attached hydrogens (tertiary/aromatic N) is 3. The van der Waals surface area contributed by atoms with Crippen molar-refractivity contribution in [3.05, 3.63) is 115 Å². The van der Waals surface area contributed by atoms with Gasteiger partial charge in [0.25, 0.3) is 0 Å². The van der Waals surface area contributed by atoms with Crippen LogP contribution in [0.15, 0.2) is 109 Å². The molecule has 2 aromatic carbocycles. The van der Waals surface area contributed by atoms with Gasteiger partial charge in [-0.2, -0.15) is 5.10 Å². The van der Waals surface area contributed by atoms with Crippen molar-refractivity contribution < 1.29 is 0 Å². The van der Waals surface area contributed by atoms with Gasteiger partial charge in [0, 0.05) is 27.9 Å². The van der Waals surface area contributed by atoms with Crippen LogP contribution in [0.4, 0.5) is 0 Å². The minimum Gasteiger partial charge on any atom is -0.281 e. The van der Waals surface area contributed by atoms with Crippen molar-refractivity contribution in [2.24, 2.45) is 0 Å². The van der Waals surface area contributed by atoms with Crippen molar-refractivity contribution in [2.75, 3.05) is 0 Å². The van der Waals surface area contributed by atoms with Gasteiger partial charge in [0.2, 0.25) is 8.07 Å². The first-order valence-electron chi connectivity index (χ1n) is 11.6. The average Bonchev–Trinajstić information content (AvgIpc) is 3.38. The zero-order chi connectivity index (χ0) is 23.6. The molecule has 0 unspecified atom stereocenters. The minimum atomic E-state index is -2.75. The molecule has 4 nitrogen and oxygen atoms in total. The Morgan fingerprint density at radius 3 is 1.82 bits per heavy atom. The number of pyridine rings is 2. The Kier molecular flexibility index (Phi) is 5.71. The van der Waals surface area contributed by atoms with E-state index in [2.05, 4.69) is 122 Å². The maximum absolute atomic E-state index is 5.28. The van der Waals surface area contributed by atoms with Gasteiger partial charge in [-0.1, -0.05) is 93.6 Å². The zero-order valence-electron chi connectivity index (χ0n) is 19.7. The van der Waals surface area contributed by atoms with E-state index in [4.69, 9.17) is 9.97 Å². The van der Waals surface area contributed by atoms with Crippen LogP contribution < -0.4 is 21.0 Å². The number of benzene rings is 2. The third-order valence-electron chi connectivity index (χ3n) is 6.24. The molecule has 3 heterocycles. The lowest BCUT2D eigenvalue weighted by Crippen LogP contribution is -2.76. The smallest absolute Gasteiger partial charge is 0.223 e. The van der Waals surface area contributed by atoms with Crippen molar-refractivity contribution in [3.63, 3.8) is 0 Å². The summed E-state index contributed by atoms with van der Waals surface area (Å²) in [7, 11) is -2.75. The van der Waals surface area contributed by atoms with Crippen molar-refractivity contribution in [3.8, 4) is 11.4 Å². The molecular weight excluding hydrogens is 432 g/mol. The predicted molar refractivity (Wildman–Crippen MR) is 142 cm³/mol. The highest BCUT2D eigenvalue weighted by atomic mass is 28.3. The second-order valence-electron chi connectivity index (χ2n) is 9.52. The van der Waals surface area contributed by atoms with Crippen LogP contribution in [-0.4, -0.2) is 28.2 Å². The molecule has 0 aliphatic carbocycles. The SMILES string of the molecule is CC(C)(C)c1cc(-c2cccc([Si](c3ccccc3)(c3ccccc3)c3ccccn3)n2)n[nH]1. The lowest BCUT2D eigenvalue weighted by atomic mass is 9.92. The van der Waals surface area contributed by atoms with E-state index in [0.29, 0.717) is 0 Å². The van der Waals surface area contributed by atoms with Gasteiger partial charge in [-0.15, -0.1) is 0 Å². The van der Waals surface area contributed by atoms with E-state index in [9.17, 15) is 0 Å². The Morgan fingerprint density at radius 2 is 1.26 bits per heavy atom. The van der Waals surface area contributed by atoms with E-state index in [1.807, 2.05) is 18.3 Å². The number of nitrogens with one attached hydrogen (secondary N) is 1. The van der Waals surface area contributed by atoms with Crippen LogP contribution in [0.1, 0.15) is 26.5 Å². The maximum atomic E-state index is 5.28. The van der Waals surface area contributed by atoms with E-state index < -0.39 is 8.07 Å². The third-order valence-corrected chi connectivity index (χ3v) is 10.8. The molecule has 0 saturated carbocycles. The van der Waals surface area contributed by atoms with Gasteiger partial charge < -0.3 is 0 Å². The number of hydrogen-bond acceptors (Lipinski definition) is 3. The van der Waals surface area contributed by atoms with Gasteiger partial charge >= 0.3 is 0 Å². The van der Waals surface area contributed by atoms with Crippen molar-refractivity contribution in [1.29, 1.82) is 0 Å². The summed E-state index contributed by atoms with van der Waals surface area (Å²) in [6, 6.07) is 36.0. The third kappa shape index (κ3) is 3.88. The lowest BCUT2D eigenvalue weighted by Gasteiger charge is -2.32. The summed E-state index contributed by atoms with van der Waals surface area (Å²) < 4.78 is 0. The van der Waals surface area contributed by atoms with Gasteiger partial charge in [0.15, 0.2) is 0 Å². The van der Waals surface area contributed by atoms with Crippen LogP contribution in [0.2, 0.25) is 0 Å². The van der Waals surface area contributed by atoms with Gasteiger partial charge in [-0.05, 0) is 40.7 Å². The number of rotatable bonds is 5. The van der Waals surface area contributed by atoms with Crippen LogP contribution in [0.3, 0.4) is 0 Å². The Labute approximate surface area is 201 Å². The molecule has 34 heavy (non-hydrogen) atoms. The van der Waals surface area contributed by atoms with Crippen LogP contribution in [0, 0.1) is 0 Å². The Hall–Kier alpha value is -3.83. The van der Waals surface area contributed by atoms with Crippen molar-refractivity contribution in [1.82, 2.24) is 20.2 Å². The molecule has 0 aliphatic heterocycles. The van der Waals surface area contributed by atoms with Crippen LogP contribution >= 0.6 is 0 Å². The summed E-state index contributed by atoms with van der Waals surface area (Å²) >= 11 is 0. The molecule has 5 aromatic rings. The fourth-order valence-electron chi connectivity index (χ4n) is 4.47. The van der Waals surface area contributed by atoms with Crippen molar-refractivity contribution in [2.45, 2.75) is 26.2 Å². The standard InChI is InChI=1S/C29H28N4Si/c1-29(2,3)26-21-25(32-33-26)24-17-12-19-28(31-24)34(22-13-6-4-7-14-22,23-15-8-5-9-16-23)27-18-10-11-20-30-27/h4-21H,1-3H3,(H,32,33). The predicted octanol–water partition coefficient (Wildman–Crippen LogP) is 3.54. The Bertz CT molecular complexity index is 1280. The summed E-state index contributed by atoms with van der Waals surface area (Å²) in [6.45, 7) is 6.54. The van der Waals surface area contributed by atoms with E-state index in [1.165, 1.54) is 10.4 Å². The first-order valence-corrected chi connectivity index (χ1v) is 13.6. The second-order valence-corrected chi connectivity index (χ2v) is 13.2. The number of hydrogen-bond donors (Lipinski definition) is 1. The lowest BCUT2D eigenvalue weighted by molar-refractivity contribution is 0.567. The highest BCUT2D eigenvalue weighted by molar-refractivity contribution is 7.19. The zero-order valence-corrected chi connectivity index (χ0v) is 20.7. The molecule has 0 fully saturated rings. The van der Waals surface area contributed by atoms with Gasteiger partial charge in [-0.25, -0.2) is 0 Å². The summed E-state index contributed by atoms with van der Waals surface area (Å²) in [5.74, 6) is 0. The normalized spacial score (nSPS) is 12.0. The van der Waals surface area contributed by atoms with Crippen LogP contribution in [0.25, 0.3) is 11.4 Å². The quantitative estimate of drug-likeness (QED) is 0.408. The molecule has 1 N–H and O–H groups in total. The summed E-state index contributed by atoms with van der Waals surface area (Å²) in [5, 5.41) is 12.4. The summed E-state index contributed by atoms with van der Waals surface area (Å²) in [6.07, 6.45) is 1.89. The first-order chi connectivity index (χ1) is 16.5.